The number of fused-ring (bicyclic) bond motifs is 3. The molecule has 3 fully saturated rings. The fraction of sp³-hybridized carbons (Fsp3) is 0.750. The highest BCUT2D eigenvalue weighted by atomic mass is 16.6. The van der Waals surface area contributed by atoms with E-state index >= 15 is 0 Å². The zero-order valence-electron chi connectivity index (χ0n) is 14.7. The van der Waals surface area contributed by atoms with E-state index in [1.807, 2.05) is 12.3 Å². The van der Waals surface area contributed by atoms with Crippen LogP contribution in [0.2, 0.25) is 0 Å². The maximum Gasteiger partial charge on any atom is 0.136 e. The lowest BCUT2D eigenvalue weighted by Gasteiger charge is -2.58. The molecule has 0 amide bonds. The lowest BCUT2D eigenvalue weighted by atomic mass is 9.44. The average Bonchev–Trinajstić information content (AvgIpc) is 2.96. The molecule has 2 saturated carbocycles. The van der Waals surface area contributed by atoms with Crippen LogP contribution in [0.5, 0.6) is 0 Å². The topological polar surface area (TPSA) is 42.7 Å². The quantitative estimate of drug-likeness (QED) is 0.776. The van der Waals surface area contributed by atoms with Crippen LogP contribution in [-0.4, -0.2) is 17.5 Å². The maximum atomic E-state index is 12.9. The summed E-state index contributed by atoms with van der Waals surface area (Å²) < 4.78 is 11.3. The molecule has 1 aromatic heterocycles. The van der Waals surface area contributed by atoms with Crippen molar-refractivity contribution in [3.05, 3.63) is 24.2 Å². The smallest absolute Gasteiger partial charge is 0.136 e. The van der Waals surface area contributed by atoms with Gasteiger partial charge in [0.2, 0.25) is 0 Å². The van der Waals surface area contributed by atoms with Crippen LogP contribution in [0.25, 0.3) is 0 Å². The summed E-state index contributed by atoms with van der Waals surface area (Å²) in [7, 11) is 0. The van der Waals surface area contributed by atoms with E-state index in [1.165, 1.54) is 12.0 Å². The number of carbonyl (C=O) groups excluding carboxylic acids is 1. The highest BCUT2D eigenvalue weighted by molar-refractivity contribution is 5.83. The normalized spacial score (nSPS) is 48.7. The predicted molar refractivity (Wildman–Crippen MR) is 88.0 cm³/mol. The van der Waals surface area contributed by atoms with Gasteiger partial charge in [-0.1, -0.05) is 20.8 Å². The third-order valence-electron chi connectivity index (χ3n) is 7.91. The van der Waals surface area contributed by atoms with Gasteiger partial charge in [-0.15, -0.1) is 0 Å². The number of epoxide rings is 1. The van der Waals surface area contributed by atoms with Gasteiger partial charge in [-0.25, -0.2) is 0 Å². The van der Waals surface area contributed by atoms with Crippen LogP contribution in [0.3, 0.4) is 0 Å². The van der Waals surface area contributed by atoms with Gasteiger partial charge in [0.05, 0.1) is 24.2 Å². The van der Waals surface area contributed by atoms with E-state index in [0.717, 1.165) is 19.3 Å². The molecule has 0 radical (unpaired) electrons. The Bertz CT molecular complexity index is 621. The van der Waals surface area contributed by atoms with Crippen LogP contribution in [-0.2, 0) is 16.0 Å². The minimum absolute atomic E-state index is 0.00927. The van der Waals surface area contributed by atoms with Crippen LogP contribution in [0.4, 0.5) is 0 Å². The summed E-state index contributed by atoms with van der Waals surface area (Å²) in [6.07, 6.45) is 9.01. The van der Waals surface area contributed by atoms with E-state index in [1.54, 1.807) is 6.26 Å². The van der Waals surface area contributed by atoms with E-state index in [9.17, 15) is 4.79 Å². The molecule has 1 aliphatic heterocycles. The van der Waals surface area contributed by atoms with Crippen molar-refractivity contribution in [2.24, 2.45) is 22.7 Å². The Hall–Kier alpha value is -1.09. The molecule has 2 aliphatic carbocycles. The number of hydrogen-bond donors (Lipinski definition) is 0. The molecule has 6 atom stereocenters. The molecule has 4 rings (SSSR count). The van der Waals surface area contributed by atoms with E-state index in [4.69, 9.17) is 9.15 Å². The van der Waals surface area contributed by atoms with Crippen LogP contribution in [0.1, 0.15) is 58.9 Å². The first-order chi connectivity index (χ1) is 10.8. The second-order valence-electron chi connectivity index (χ2n) is 8.76. The van der Waals surface area contributed by atoms with Crippen molar-refractivity contribution in [2.45, 2.75) is 71.5 Å². The number of ketones is 1. The van der Waals surface area contributed by atoms with Gasteiger partial charge < -0.3 is 9.15 Å². The molecule has 1 saturated heterocycles. The average molecular weight is 316 g/mol. The minimum Gasteiger partial charge on any atom is -0.472 e. The van der Waals surface area contributed by atoms with Gasteiger partial charge in [0.25, 0.3) is 0 Å². The first-order valence-corrected chi connectivity index (χ1v) is 9.03. The second kappa shape index (κ2) is 4.72. The number of hydrogen-bond acceptors (Lipinski definition) is 3. The van der Waals surface area contributed by atoms with Gasteiger partial charge >= 0.3 is 0 Å². The lowest BCUT2D eigenvalue weighted by Crippen LogP contribution is -2.59. The molecule has 23 heavy (non-hydrogen) atoms. The Labute approximate surface area is 138 Å². The minimum atomic E-state index is -0.0807. The summed E-state index contributed by atoms with van der Waals surface area (Å²) in [5.41, 5.74) is 1.19. The SMILES string of the molecule is C[C@H]1C(=O)C[C@@]2(C)[C@@H](CC[C@@H]3O[C@@]32C)[C@]1(C)CCc1ccoc1. The zero-order chi connectivity index (χ0) is 16.5. The van der Waals surface area contributed by atoms with Crippen molar-refractivity contribution in [2.75, 3.05) is 0 Å². The zero-order valence-corrected chi connectivity index (χ0v) is 14.7. The molecular formula is C20H28O3. The van der Waals surface area contributed by atoms with Crippen molar-refractivity contribution < 1.29 is 13.9 Å². The van der Waals surface area contributed by atoms with Gasteiger partial charge in [-0.2, -0.15) is 0 Å². The van der Waals surface area contributed by atoms with E-state index < -0.39 is 0 Å². The van der Waals surface area contributed by atoms with Crippen LogP contribution < -0.4 is 0 Å². The van der Waals surface area contributed by atoms with E-state index in [-0.39, 0.29) is 22.3 Å². The highest BCUT2D eigenvalue weighted by Crippen LogP contribution is 2.69. The number of carbonyl (C=O) groups is 1. The largest absolute Gasteiger partial charge is 0.472 e. The Balaban J connectivity index is 1.67. The number of Topliss-reactive ketones (excluding diaryl/α,β-unsaturated/α-hetero) is 1. The summed E-state index contributed by atoms with van der Waals surface area (Å²) in [5.74, 6) is 1.11. The Morgan fingerprint density at radius 3 is 2.74 bits per heavy atom. The summed E-state index contributed by atoms with van der Waals surface area (Å²) in [5, 5.41) is 0. The summed E-state index contributed by atoms with van der Waals surface area (Å²) >= 11 is 0. The molecule has 1 aromatic rings. The molecule has 3 heteroatoms. The van der Waals surface area contributed by atoms with E-state index in [0.29, 0.717) is 24.2 Å². The fourth-order valence-electron chi connectivity index (χ4n) is 5.86. The molecule has 0 bridgehead atoms. The molecule has 126 valence electrons. The summed E-state index contributed by atoms with van der Waals surface area (Å²) in [6.45, 7) is 9.06. The number of aryl methyl sites for hydroxylation is 1. The lowest BCUT2D eigenvalue weighted by molar-refractivity contribution is -0.152. The van der Waals surface area contributed by atoms with Crippen molar-refractivity contribution in [1.29, 1.82) is 0 Å². The predicted octanol–water partition coefficient (Wildman–Crippen LogP) is 4.40. The van der Waals surface area contributed by atoms with Gasteiger partial charge in [0, 0.05) is 17.8 Å². The Morgan fingerprint density at radius 1 is 1.26 bits per heavy atom. The van der Waals surface area contributed by atoms with Gasteiger partial charge in [0.1, 0.15) is 5.78 Å². The molecule has 3 nitrogen and oxygen atoms in total. The van der Waals surface area contributed by atoms with Crippen molar-refractivity contribution in [3.8, 4) is 0 Å². The van der Waals surface area contributed by atoms with Crippen molar-refractivity contribution >= 4 is 5.78 Å². The van der Waals surface area contributed by atoms with Crippen LogP contribution in [0.15, 0.2) is 23.0 Å². The Morgan fingerprint density at radius 2 is 2.04 bits per heavy atom. The molecular weight excluding hydrogens is 288 g/mol. The monoisotopic (exact) mass is 316 g/mol. The standard InChI is InChI=1S/C20H28O3/c1-13-15(21)11-19(3)16(5-6-17-20(19,4)23-17)18(13,2)9-7-14-8-10-22-12-14/h8,10,12-13,16-17H,5-7,9,11H2,1-4H3/t13-,16-,17-,18+,19-,20-/m0/s1. The summed E-state index contributed by atoms with van der Waals surface area (Å²) in [6, 6.07) is 2.04. The molecule has 0 N–H and O–H groups in total. The summed E-state index contributed by atoms with van der Waals surface area (Å²) in [4.78, 5) is 12.9. The van der Waals surface area contributed by atoms with Gasteiger partial charge in [-0.3, -0.25) is 4.79 Å². The number of rotatable bonds is 3. The first-order valence-electron chi connectivity index (χ1n) is 9.03. The third kappa shape index (κ3) is 1.95. The third-order valence-corrected chi connectivity index (χ3v) is 7.91. The molecule has 0 aromatic carbocycles. The van der Waals surface area contributed by atoms with Gasteiger partial charge in [0.15, 0.2) is 0 Å². The van der Waals surface area contributed by atoms with Gasteiger partial charge in [-0.05, 0) is 55.6 Å². The van der Waals surface area contributed by atoms with Crippen LogP contribution >= 0.6 is 0 Å². The molecule has 3 aliphatic rings. The first kappa shape index (κ1) is 15.4. The number of furan rings is 1. The molecule has 0 unspecified atom stereocenters. The fourth-order valence-corrected chi connectivity index (χ4v) is 5.86. The second-order valence-corrected chi connectivity index (χ2v) is 8.76. The van der Waals surface area contributed by atoms with Crippen molar-refractivity contribution in [3.63, 3.8) is 0 Å². The van der Waals surface area contributed by atoms with Crippen LogP contribution in [0, 0.1) is 22.7 Å². The molecule has 2 heterocycles. The van der Waals surface area contributed by atoms with E-state index in [2.05, 4.69) is 27.7 Å². The Kier molecular flexibility index (Phi) is 3.17. The number of ether oxygens (including phenoxy) is 1. The van der Waals surface area contributed by atoms with Crippen molar-refractivity contribution in [1.82, 2.24) is 0 Å². The maximum absolute atomic E-state index is 12.9. The highest BCUT2D eigenvalue weighted by Gasteiger charge is 2.72. The molecule has 0 spiro atoms.